The third-order valence-corrected chi connectivity index (χ3v) is 3.83. The molecule has 0 saturated heterocycles. The molecule has 0 bridgehead atoms. The maximum absolute atomic E-state index is 12.5. The third kappa shape index (κ3) is 7.03. The highest BCUT2D eigenvalue weighted by molar-refractivity contribution is 5.72. The second-order valence-electron chi connectivity index (χ2n) is 7.31. The molecule has 27 heavy (non-hydrogen) atoms. The van der Waals surface area contributed by atoms with Crippen molar-refractivity contribution in [3.8, 4) is 18.1 Å². The van der Waals surface area contributed by atoms with Crippen LogP contribution in [0, 0.1) is 12.3 Å². The standard InChI is InChI=1S/C21H26F2O4/c1-7-15-12-16(9-10-17(15)26-19(22)23)21(25,8-2)13-14(3)11-18(24)27-20(4,5)6/h1,9-10,12,19,25H,3,8,11,13H2,2,4-6H3. The number of hydrogen-bond donors (Lipinski definition) is 1. The number of terminal acetylenes is 1. The number of carbonyl (C=O) groups is 1. The van der Waals surface area contributed by atoms with Gasteiger partial charge in [0.25, 0.3) is 0 Å². The zero-order valence-electron chi connectivity index (χ0n) is 16.1. The van der Waals surface area contributed by atoms with Crippen molar-refractivity contribution in [3.63, 3.8) is 0 Å². The van der Waals surface area contributed by atoms with Gasteiger partial charge in [0.1, 0.15) is 11.4 Å². The molecule has 1 atom stereocenters. The van der Waals surface area contributed by atoms with Gasteiger partial charge in [-0.3, -0.25) is 4.79 Å². The summed E-state index contributed by atoms with van der Waals surface area (Å²) >= 11 is 0. The van der Waals surface area contributed by atoms with Crippen LogP contribution >= 0.6 is 0 Å². The Bertz CT molecular complexity index is 729. The molecule has 0 saturated carbocycles. The molecular weight excluding hydrogens is 354 g/mol. The molecule has 0 aromatic heterocycles. The highest BCUT2D eigenvalue weighted by Crippen LogP contribution is 2.35. The number of carbonyl (C=O) groups excluding carboxylic acids is 1. The second-order valence-corrected chi connectivity index (χ2v) is 7.31. The summed E-state index contributed by atoms with van der Waals surface area (Å²) in [4.78, 5) is 11.9. The average molecular weight is 380 g/mol. The summed E-state index contributed by atoms with van der Waals surface area (Å²) in [6, 6.07) is 4.21. The predicted molar refractivity (Wildman–Crippen MR) is 99.4 cm³/mol. The van der Waals surface area contributed by atoms with Crippen LogP contribution in [-0.2, 0) is 15.1 Å². The Morgan fingerprint density at radius 3 is 2.48 bits per heavy atom. The zero-order chi connectivity index (χ0) is 20.8. The van der Waals surface area contributed by atoms with Crippen LogP contribution in [0.2, 0.25) is 0 Å². The van der Waals surface area contributed by atoms with Gasteiger partial charge in [0.05, 0.1) is 17.6 Å². The fourth-order valence-corrected chi connectivity index (χ4v) is 2.62. The molecule has 1 unspecified atom stereocenters. The van der Waals surface area contributed by atoms with Gasteiger partial charge in [-0.1, -0.05) is 31.1 Å². The first-order chi connectivity index (χ1) is 12.4. The van der Waals surface area contributed by atoms with Crippen LogP contribution in [0.3, 0.4) is 0 Å². The van der Waals surface area contributed by atoms with Gasteiger partial charge in [0.2, 0.25) is 0 Å². The average Bonchev–Trinajstić information content (AvgIpc) is 2.52. The number of alkyl halides is 2. The van der Waals surface area contributed by atoms with Crippen molar-refractivity contribution in [2.75, 3.05) is 0 Å². The van der Waals surface area contributed by atoms with Crippen molar-refractivity contribution < 1.29 is 28.2 Å². The Morgan fingerprint density at radius 2 is 2.00 bits per heavy atom. The Labute approximate surface area is 159 Å². The quantitative estimate of drug-likeness (QED) is 0.409. The van der Waals surface area contributed by atoms with Crippen molar-refractivity contribution in [2.24, 2.45) is 0 Å². The molecule has 0 radical (unpaired) electrons. The number of esters is 1. The summed E-state index contributed by atoms with van der Waals surface area (Å²) in [5.41, 5.74) is -0.930. The van der Waals surface area contributed by atoms with E-state index < -0.39 is 23.8 Å². The Balaban J connectivity index is 2.99. The summed E-state index contributed by atoms with van der Waals surface area (Å²) in [6.45, 7) is 7.92. The van der Waals surface area contributed by atoms with Crippen LogP contribution in [0.15, 0.2) is 30.4 Å². The molecule has 0 fully saturated rings. The van der Waals surface area contributed by atoms with Crippen LogP contribution in [0.1, 0.15) is 58.1 Å². The summed E-state index contributed by atoms with van der Waals surface area (Å²) in [5, 5.41) is 11.0. The van der Waals surface area contributed by atoms with E-state index in [4.69, 9.17) is 11.2 Å². The number of rotatable bonds is 8. The molecule has 6 heteroatoms. The molecule has 1 aromatic carbocycles. The third-order valence-electron chi connectivity index (χ3n) is 3.83. The molecule has 0 aliphatic carbocycles. The lowest BCUT2D eigenvalue weighted by Gasteiger charge is -2.29. The summed E-state index contributed by atoms with van der Waals surface area (Å²) in [5.74, 6) is 1.71. The maximum atomic E-state index is 12.5. The molecule has 0 aliphatic rings. The minimum Gasteiger partial charge on any atom is -0.460 e. The van der Waals surface area contributed by atoms with Crippen molar-refractivity contribution in [1.82, 2.24) is 0 Å². The molecule has 0 amide bonds. The first-order valence-electron chi connectivity index (χ1n) is 8.57. The molecule has 1 aromatic rings. The van der Waals surface area contributed by atoms with Gasteiger partial charge in [-0.05, 0) is 44.9 Å². The number of aliphatic hydroxyl groups is 1. The molecule has 0 spiro atoms. The molecule has 0 heterocycles. The lowest BCUT2D eigenvalue weighted by atomic mass is 9.84. The fourth-order valence-electron chi connectivity index (χ4n) is 2.62. The van der Waals surface area contributed by atoms with E-state index in [1.807, 2.05) is 0 Å². The molecular formula is C21H26F2O4. The monoisotopic (exact) mass is 380 g/mol. The number of benzene rings is 1. The van der Waals surface area contributed by atoms with Gasteiger partial charge in [-0.2, -0.15) is 8.78 Å². The van der Waals surface area contributed by atoms with E-state index in [1.165, 1.54) is 18.2 Å². The van der Waals surface area contributed by atoms with E-state index in [1.54, 1.807) is 27.7 Å². The van der Waals surface area contributed by atoms with Gasteiger partial charge in [-0.15, -0.1) is 6.42 Å². The van der Waals surface area contributed by atoms with Crippen LogP contribution in [-0.4, -0.2) is 23.3 Å². The Hall–Kier alpha value is -2.39. The van der Waals surface area contributed by atoms with Gasteiger partial charge >= 0.3 is 12.6 Å². The predicted octanol–water partition coefficient (Wildman–Crippen LogP) is 4.55. The van der Waals surface area contributed by atoms with Gasteiger partial charge in [0.15, 0.2) is 0 Å². The smallest absolute Gasteiger partial charge is 0.387 e. The Kier molecular flexibility index (Phi) is 7.55. The van der Waals surface area contributed by atoms with Crippen LogP contribution in [0.5, 0.6) is 5.75 Å². The van der Waals surface area contributed by atoms with Gasteiger partial charge < -0.3 is 14.6 Å². The topological polar surface area (TPSA) is 55.8 Å². The van der Waals surface area contributed by atoms with Crippen molar-refractivity contribution >= 4 is 5.97 Å². The highest BCUT2D eigenvalue weighted by Gasteiger charge is 2.30. The van der Waals surface area contributed by atoms with E-state index in [0.717, 1.165) is 0 Å². The first-order valence-corrected chi connectivity index (χ1v) is 8.57. The molecule has 4 nitrogen and oxygen atoms in total. The maximum Gasteiger partial charge on any atom is 0.387 e. The van der Waals surface area contributed by atoms with Gasteiger partial charge in [0, 0.05) is 6.42 Å². The zero-order valence-corrected chi connectivity index (χ0v) is 16.1. The van der Waals surface area contributed by atoms with Crippen molar-refractivity contribution in [2.45, 2.75) is 64.8 Å². The minimum atomic E-state index is -3.00. The molecule has 1 N–H and O–H groups in total. The van der Waals surface area contributed by atoms with Crippen LogP contribution in [0.4, 0.5) is 8.78 Å². The second kappa shape index (κ2) is 9.01. The number of hydrogen-bond acceptors (Lipinski definition) is 4. The fraction of sp³-hybridized carbons (Fsp3) is 0.476. The number of halogens is 2. The first kappa shape index (κ1) is 22.7. The van der Waals surface area contributed by atoms with E-state index in [-0.39, 0.29) is 24.2 Å². The van der Waals surface area contributed by atoms with E-state index in [0.29, 0.717) is 17.6 Å². The van der Waals surface area contributed by atoms with E-state index in [9.17, 15) is 18.7 Å². The highest BCUT2D eigenvalue weighted by atomic mass is 19.3. The normalized spacial score (nSPS) is 13.6. The molecule has 0 aliphatic heterocycles. The van der Waals surface area contributed by atoms with E-state index >= 15 is 0 Å². The summed E-state index contributed by atoms with van der Waals surface area (Å²) in [6.07, 6.45) is 5.74. The van der Waals surface area contributed by atoms with Crippen LogP contribution < -0.4 is 4.74 Å². The van der Waals surface area contributed by atoms with Crippen molar-refractivity contribution in [3.05, 3.63) is 41.5 Å². The van der Waals surface area contributed by atoms with Gasteiger partial charge in [-0.25, -0.2) is 0 Å². The number of ether oxygens (including phenoxy) is 2. The lowest BCUT2D eigenvalue weighted by Crippen LogP contribution is -2.27. The largest absolute Gasteiger partial charge is 0.460 e. The summed E-state index contributed by atoms with van der Waals surface area (Å²) in [7, 11) is 0. The van der Waals surface area contributed by atoms with Crippen molar-refractivity contribution in [1.29, 1.82) is 0 Å². The van der Waals surface area contributed by atoms with E-state index in [2.05, 4.69) is 17.2 Å². The molecule has 1 rings (SSSR count). The Morgan fingerprint density at radius 1 is 1.37 bits per heavy atom. The minimum absolute atomic E-state index is 0.0336. The lowest BCUT2D eigenvalue weighted by molar-refractivity contribution is -0.154. The van der Waals surface area contributed by atoms with Crippen LogP contribution in [0.25, 0.3) is 0 Å². The molecule has 148 valence electrons. The SMILES string of the molecule is C#Cc1cc(C(O)(CC)CC(=C)CC(=O)OC(C)(C)C)ccc1OC(F)F. The summed E-state index contributed by atoms with van der Waals surface area (Å²) < 4.78 is 34.5.